The Morgan fingerprint density at radius 1 is 0.951 bits per heavy atom. The molecule has 1 heterocycles. The minimum absolute atomic E-state index is 0.282. The molecular formula is C33H43N7O. The first-order valence-electron chi connectivity index (χ1n) is 15.5. The van der Waals surface area contributed by atoms with Gasteiger partial charge in [0.1, 0.15) is 17.5 Å². The zero-order chi connectivity index (χ0) is 28.2. The molecule has 5 fully saturated rings. The molecule has 0 radical (unpaired) electrons. The number of anilines is 2. The molecule has 1 aromatic heterocycles. The first-order valence-corrected chi connectivity index (χ1v) is 15.5. The van der Waals surface area contributed by atoms with E-state index >= 15 is 0 Å². The molecule has 41 heavy (non-hydrogen) atoms. The summed E-state index contributed by atoms with van der Waals surface area (Å²) in [6, 6.07) is 12.7. The van der Waals surface area contributed by atoms with Crippen LogP contribution in [0.3, 0.4) is 0 Å². The molecule has 1 aromatic carbocycles. The number of methoxy groups -OCH3 is 1. The van der Waals surface area contributed by atoms with Crippen LogP contribution in [0.1, 0.15) is 74.5 Å². The second kappa shape index (κ2) is 12.3. The maximum absolute atomic E-state index is 9.75. The quantitative estimate of drug-likeness (QED) is 0.335. The highest BCUT2D eigenvalue weighted by Crippen LogP contribution is 2.60. The number of nitrogens with one attached hydrogen (secondary N) is 3. The summed E-state index contributed by atoms with van der Waals surface area (Å²) in [5.74, 6) is 4.98. The van der Waals surface area contributed by atoms with Gasteiger partial charge in [-0.1, -0.05) is 18.2 Å². The van der Waals surface area contributed by atoms with Gasteiger partial charge in [0.25, 0.3) is 0 Å². The summed E-state index contributed by atoms with van der Waals surface area (Å²) in [5.41, 5.74) is 2.28. The lowest BCUT2D eigenvalue weighted by atomic mass is 9.48. The number of ether oxygens (including phenoxy) is 1. The lowest BCUT2D eigenvalue weighted by Crippen LogP contribution is -2.60. The molecule has 4 bridgehead atoms. The van der Waals surface area contributed by atoms with E-state index in [4.69, 9.17) is 4.74 Å². The number of hydrogen-bond donors (Lipinski definition) is 3. The summed E-state index contributed by atoms with van der Waals surface area (Å²) in [5, 5.41) is 30.1. The van der Waals surface area contributed by atoms with Gasteiger partial charge in [-0.2, -0.15) is 15.5 Å². The van der Waals surface area contributed by atoms with Gasteiger partial charge in [-0.05, 0) is 111 Å². The maximum Gasteiger partial charge on any atom is 0.224 e. The standard InChI is InChI=1S/C33H43N7O/c1-41-20-23-8-6-22(7-9-23)17-36-30-27-10-24-11-28(30)14-33(12-24,13-27)21-39-31-29(16-35)19-38-32(40-31)37-18-26-5-3-2-4-25(26)15-34/h2-5,19,22-24,27-28,30,36H,6-14,17-18,20-21H2,1H3,(H2,37,38,39,40)/t22?,23?,24?,27-,28+,30?,33?. The van der Waals surface area contributed by atoms with Gasteiger partial charge in [-0.15, -0.1) is 0 Å². The molecule has 0 aliphatic heterocycles. The molecule has 0 amide bonds. The Hall–Kier alpha value is -3.20. The number of nitriles is 2. The van der Waals surface area contributed by atoms with Crippen LogP contribution in [0.25, 0.3) is 0 Å². The van der Waals surface area contributed by atoms with E-state index in [1.54, 1.807) is 6.20 Å². The molecule has 2 aromatic rings. The number of rotatable bonds is 11. The Morgan fingerprint density at radius 3 is 2.41 bits per heavy atom. The maximum atomic E-state index is 9.75. The van der Waals surface area contributed by atoms with Crippen LogP contribution in [0, 0.1) is 57.7 Å². The first kappa shape index (κ1) is 27.9. The number of hydrogen-bond acceptors (Lipinski definition) is 8. The third-order valence-corrected chi connectivity index (χ3v) is 10.5. The van der Waals surface area contributed by atoms with Gasteiger partial charge >= 0.3 is 0 Å². The number of nitrogens with zero attached hydrogens (tertiary/aromatic N) is 4. The molecule has 5 aliphatic carbocycles. The summed E-state index contributed by atoms with van der Waals surface area (Å²) in [7, 11) is 1.83. The Bertz CT molecular complexity index is 1280. The van der Waals surface area contributed by atoms with E-state index in [0.29, 0.717) is 35.5 Å². The molecule has 5 atom stereocenters. The fraction of sp³-hybridized carbons (Fsp3) is 0.636. The van der Waals surface area contributed by atoms with Crippen LogP contribution in [0.2, 0.25) is 0 Å². The molecular weight excluding hydrogens is 510 g/mol. The highest BCUT2D eigenvalue weighted by atomic mass is 16.5. The summed E-state index contributed by atoms with van der Waals surface area (Å²) >= 11 is 0. The van der Waals surface area contributed by atoms with Crippen molar-refractivity contribution in [1.29, 1.82) is 10.5 Å². The van der Waals surface area contributed by atoms with Crippen molar-refractivity contribution in [3.05, 3.63) is 47.2 Å². The van der Waals surface area contributed by atoms with E-state index in [0.717, 1.165) is 48.3 Å². The van der Waals surface area contributed by atoms with Crippen LogP contribution in [0.4, 0.5) is 11.8 Å². The van der Waals surface area contributed by atoms with Crippen molar-refractivity contribution in [2.24, 2.45) is 35.0 Å². The van der Waals surface area contributed by atoms with Crippen molar-refractivity contribution in [1.82, 2.24) is 15.3 Å². The van der Waals surface area contributed by atoms with Gasteiger partial charge in [0.05, 0.1) is 17.8 Å². The fourth-order valence-corrected chi connectivity index (χ4v) is 8.80. The average Bonchev–Trinajstić information content (AvgIpc) is 2.99. The molecule has 5 aliphatic rings. The van der Waals surface area contributed by atoms with Crippen molar-refractivity contribution in [3.8, 4) is 12.1 Å². The van der Waals surface area contributed by atoms with Gasteiger partial charge in [-0.25, -0.2) is 4.98 Å². The largest absolute Gasteiger partial charge is 0.384 e. The third-order valence-electron chi connectivity index (χ3n) is 10.5. The lowest BCUT2D eigenvalue weighted by molar-refractivity contribution is -0.0703. The molecule has 5 saturated carbocycles. The van der Waals surface area contributed by atoms with Crippen molar-refractivity contribution in [3.63, 3.8) is 0 Å². The van der Waals surface area contributed by atoms with Crippen molar-refractivity contribution < 1.29 is 4.74 Å². The van der Waals surface area contributed by atoms with E-state index < -0.39 is 0 Å². The van der Waals surface area contributed by atoms with E-state index in [1.807, 2.05) is 31.4 Å². The monoisotopic (exact) mass is 553 g/mol. The van der Waals surface area contributed by atoms with Gasteiger partial charge in [0, 0.05) is 32.8 Å². The van der Waals surface area contributed by atoms with E-state index in [-0.39, 0.29) is 5.41 Å². The summed E-state index contributed by atoms with van der Waals surface area (Å²) in [4.78, 5) is 9.04. The second-order valence-electron chi connectivity index (χ2n) is 13.3. The lowest BCUT2D eigenvalue weighted by Gasteiger charge is -2.60. The topological polar surface area (TPSA) is 119 Å². The molecule has 0 spiro atoms. The smallest absolute Gasteiger partial charge is 0.224 e. The average molecular weight is 554 g/mol. The summed E-state index contributed by atoms with van der Waals surface area (Å²) < 4.78 is 5.39. The molecule has 8 heteroatoms. The predicted molar refractivity (Wildman–Crippen MR) is 159 cm³/mol. The van der Waals surface area contributed by atoms with Crippen LogP contribution in [0.5, 0.6) is 0 Å². The van der Waals surface area contributed by atoms with Gasteiger partial charge < -0.3 is 20.7 Å². The van der Waals surface area contributed by atoms with Crippen molar-refractivity contribution in [2.45, 2.75) is 70.4 Å². The Morgan fingerprint density at radius 2 is 1.68 bits per heavy atom. The molecule has 3 unspecified atom stereocenters. The fourth-order valence-electron chi connectivity index (χ4n) is 8.80. The van der Waals surface area contributed by atoms with Crippen LogP contribution in [-0.2, 0) is 11.3 Å². The summed E-state index contributed by atoms with van der Waals surface area (Å²) in [6.07, 6.45) is 13.4. The van der Waals surface area contributed by atoms with E-state index in [9.17, 15) is 10.5 Å². The van der Waals surface area contributed by atoms with Crippen LogP contribution in [0.15, 0.2) is 30.5 Å². The van der Waals surface area contributed by atoms with E-state index in [2.05, 4.69) is 38.1 Å². The SMILES string of the molecule is COCC1CCC(CNC2[C@@H]3CC4C[C@H]2CC(CNc2nc(NCc5ccccc5C#N)ncc2C#N)(C4)C3)CC1. The van der Waals surface area contributed by atoms with Gasteiger partial charge in [0.15, 0.2) is 0 Å². The molecule has 7 rings (SSSR count). The van der Waals surface area contributed by atoms with Crippen molar-refractivity contribution >= 4 is 11.8 Å². The minimum Gasteiger partial charge on any atom is -0.384 e. The predicted octanol–water partition coefficient (Wildman–Crippen LogP) is 5.48. The molecule has 3 N–H and O–H groups in total. The first-order chi connectivity index (χ1) is 20.1. The Labute approximate surface area is 244 Å². The highest BCUT2D eigenvalue weighted by molar-refractivity contribution is 5.54. The van der Waals surface area contributed by atoms with Crippen LogP contribution in [-0.4, -0.2) is 42.8 Å². The van der Waals surface area contributed by atoms with Crippen LogP contribution < -0.4 is 16.0 Å². The van der Waals surface area contributed by atoms with Crippen LogP contribution >= 0.6 is 0 Å². The molecule has 0 saturated heterocycles. The summed E-state index contributed by atoms with van der Waals surface area (Å²) in [6.45, 7) is 3.40. The zero-order valence-corrected chi connectivity index (χ0v) is 24.2. The second-order valence-corrected chi connectivity index (χ2v) is 13.3. The van der Waals surface area contributed by atoms with Gasteiger partial charge in [-0.3, -0.25) is 0 Å². The number of benzene rings is 1. The molecule has 216 valence electrons. The minimum atomic E-state index is 0.282. The van der Waals surface area contributed by atoms with E-state index in [1.165, 1.54) is 64.3 Å². The zero-order valence-electron chi connectivity index (χ0n) is 24.2. The Kier molecular flexibility index (Phi) is 8.42. The van der Waals surface area contributed by atoms with Gasteiger partial charge in [0.2, 0.25) is 5.95 Å². The third kappa shape index (κ3) is 6.20. The molecule has 8 nitrogen and oxygen atoms in total. The normalized spacial score (nSPS) is 31.8. The number of aromatic nitrogens is 2. The van der Waals surface area contributed by atoms with Crippen molar-refractivity contribution in [2.75, 3.05) is 37.4 Å². The highest BCUT2D eigenvalue weighted by Gasteiger charge is 2.55. The Balaban J connectivity index is 1.06.